The summed E-state index contributed by atoms with van der Waals surface area (Å²) in [7, 11) is 1.84. The predicted molar refractivity (Wildman–Crippen MR) is 100 cm³/mol. The summed E-state index contributed by atoms with van der Waals surface area (Å²) in [5, 5.41) is 6.88. The zero-order valence-electron chi connectivity index (χ0n) is 14.8. The normalized spacial score (nSPS) is 11.2. The zero-order valence-corrected chi connectivity index (χ0v) is 16.4. The lowest BCUT2D eigenvalue weighted by atomic mass is 10.1. The van der Waals surface area contributed by atoms with Crippen molar-refractivity contribution in [2.24, 2.45) is 7.05 Å². The average Bonchev–Trinajstić information content (AvgIpc) is 2.82. The fourth-order valence-corrected chi connectivity index (χ4v) is 2.76. The van der Waals surface area contributed by atoms with E-state index >= 15 is 0 Å². The van der Waals surface area contributed by atoms with E-state index in [1.54, 1.807) is 23.0 Å². The van der Waals surface area contributed by atoms with Gasteiger partial charge in [0.2, 0.25) is 0 Å². The highest BCUT2D eigenvalue weighted by molar-refractivity contribution is 9.10. The summed E-state index contributed by atoms with van der Waals surface area (Å²) >= 11 is 3.49. The third kappa shape index (κ3) is 5.38. The number of nitrogens with zero attached hydrogens (tertiary/aromatic N) is 2. The first-order valence-corrected chi connectivity index (χ1v) is 8.64. The minimum Gasteiger partial charge on any atom is -0.491 e. The number of rotatable bonds is 5. The Hall–Kier alpha value is -2.22. The molecule has 0 atom stereocenters. The Morgan fingerprint density at radius 3 is 2.72 bits per heavy atom. The van der Waals surface area contributed by atoms with Crippen molar-refractivity contribution in [3.8, 4) is 17.0 Å². The molecule has 0 radical (unpaired) electrons. The molecule has 7 nitrogen and oxygen atoms in total. The molecule has 1 aromatic carbocycles. The van der Waals surface area contributed by atoms with E-state index in [0.717, 1.165) is 15.7 Å². The van der Waals surface area contributed by atoms with Gasteiger partial charge in [0.25, 0.3) is 0 Å². The third-order valence-corrected chi connectivity index (χ3v) is 3.76. The number of halogens is 1. The van der Waals surface area contributed by atoms with Gasteiger partial charge in [0, 0.05) is 18.3 Å². The van der Waals surface area contributed by atoms with Crippen molar-refractivity contribution >= 4 is 27.7 Å². The van der Waals surface area contributed by atoms with Crippen LogP contribution in [0.1, 0.15) is 20.8 Å². The van der Waals surface area contributed by atoms with E-state index in [0.29, 0.717) is 24.6 Å². The topological polar surface area (TPSA) is 91.4 Å². The number of anilines is 1. The van der Waals surface area contributed by atoms with E-state index in [-0.39, 0.29) is 0 Å². The molecule has 8 heteroatoms. The Bertz CT molecular complexity index is 733. The lowest BCUT2D eigenvalue weighted by molar-refractivity contribution is 0.0520. The van der Waals surface area contributed by atoms with E-state index in [2.05, 4.69) is 26.3 Å². The Labute approximate surface area is 155 Å². The van der Waals surface area contributed by atoms with Crippen LogP contribution in [0.25, 0.3) is 11.3 Å². The monoisotopic (exact) mass is 410 g/mol. The number of carbonyl (C=O) groups excluding carboxylic acids is 1. The quantitative estimate of drug-likeness (QED) is 0.582. The summed E-state index contributed by atoms with van der Waals surface area (Å²) in [4.78, 5) is 11.6. The molecule has 2 rings (SSSR count). The summed E-state index contributed by atoms with van der Waals surface area (Å²) in [6.07, 6.45) is 1.25. The van der Waals surface area contributed by atoms with Crippen LogP contribution in [0.2, 0.25) is 0 Å². The minimum absolute atomic E-state index is 0.297. The molecular formula is C17H23BrN4O3. The van der Waals surface area contributed by atoms with Crippen molar-refractivity contribution in [3.05, 3.63) is 28.9 Å². The number of nitrogens with one attached hydrogen (secondary N) is 1. The first kappa shape index (κ1) is 19.1. The van der Waals surface area contributed by atoms with Crippen molar-refractivity contribution in [3.63, 3.8) is 0 Å². The number of aromatic nitrogens is 2. The molecule has 0 fully saturated rings. The van der Waals surface area contributed by atoms with Gasteiger partial charge in [-0.05, 0) is 54.9 Å². The van der Waals surface area contributed by atoms with Gasteiger partial charge in [-0.2, -0.15) is 5.10 Å². The molecule has 0 saturated heterocycles. The molecule has 0 aliphatic rings. The molecule has 1 heterocycles. The maximum atomic E-state index is 11.6. The molecule has 0 aliphatic carbocycles. The number of hydrogen-bond acceptors (Lipinski definition) is 5. The van der Waals surface area contributed by atoms with E-state index in [1.807, 2.05) is 33.9 Å². The predicted octanol–water partition coefficient (Wildman–Crippen LogP) is 3.34. The Balaban J connectivity index is 2.03. The lowest BCUT2D eigenvalue weighted by Crippen LogP contribution is -2.34. The first-order valence-electron chi connectivity index (χ1n) is 7.84. The van der Waals surface area contributed by atoms with Crippen molar-refractivity contribution < 1.29 is 14.3 Å². The van der Waals surface area contributed by atoms with E-state index in [1.165, 1.54) is 0 Å². The molecule has 0 unspecified atom stereocenters. The second kappa shape index (κ2) is 7.77. The van der Waals surface area contributed by atoms with Crippen LogP contribution >= 0.6 is 15.9 Å². The summed E-state index contributed by atoms with van der Waals surface area (Å²) in [6, 6.07) is 5.40. The number of amides is 1. The summed E-state index contributed by atoms with van der Waals surface area (Å²) in [5.41, 5.74) is 7.70. The molecule has 0 aliphatic heterocycles. The summed E-state index contributed by atoms with van der Waals surface area (Å²) in [6.45, 7) is 6.07. The van der Waals surface area contributed by atoms with Crippen LogP contribution < -0.4 is 15.8 Å². The zero-order chi connectivity index (χ0) is 18.6. The second-order valence-electron chi connectivity index (χ2n) is 6.50. The van der Waals surface area contributed by atoms with Crippen LogP contribution in [-0.4, -0.2) is 34.6 Å². The fourth-order valence-electron chi connectivity index (χ4n) is 2.20. The molecule has 136 valence electrons. The molecule has 0 spiro atoms. The maximum Gasteiger partial charge on any atom is 0.407 e. The molecular weight excluding hydrogens is 388 g/mol. The van der Waals surface area contributed by atoms with Crippen molar-refractivity contribution in [2.45, 2.75) is 26.4 Å². The SMILES string of the molecule is Cn1ncc(Br)c1-c1cc(N)ccc1OCCNC(=O)OC(C)(C)C. The highest BCUT2D eigenvalue weighted by Crippen LogP contribution is 2.35. The van der Waals surface area contributed by atoms with E-state index in [4.69, 9.17) is 15.2 Å². The molecule has 0 saturated carbocycles. The minimum atomic E-state index is -0.527. The van der Waals surface area contributed by atoms with Crippen molar-refractivity contribution in [2.75, 3.05) is 18.9 Å². The van der Waals surface area contributed by atoms with Crippen LogP contribution in [0.3, 0.4) is 0 Å². The number of hydrogen-bond donors (Lipinski definition) is 2. The largest absolute Gasteiger partial charge is 0.491 e. The molecule has 1 aromatic heterocycles. The summed E-state index contributed by atoms with van der Waals surface area (Å²) in [5.74, 6) is 0.657. The maximum absolute atomic E-state index is 11.6. The Morgan fingerprint density at radius 1 is 1.40 bits per heavy atom. The van der Waals surface area contributed by atoms with Gasteiger partial charge in [-0.1, -0.05) is 0 Å². The van der Waals surface area contributed by atoms with Gasteiger partial charge >= 0.3 is 6.09 Å². The second-order valence-corrected chi connectivity index (χ2v) is 7.35. The standard InChI is InChI=1S/C17H23BrN4O3/c1-17(2,3)25-16(23)20-7-8-24-14-6-5-11(19)9-12(14)15-13(18)10-21-22(15)4/h5-6,9-10H,7-8,19H2,1-4H3,(H,20,23). The van der Waals surface area contributed by atoms with Crippen LogP contribution in [0.4, 0.5) is 10.5 Å². The number of alkyl carbamates (subject to hydrolysis) is 1. The molecule has 25 heavy (non-hydrogen) atoms. The average molecular weight is 411 g/mol. The van der Waals surface area contributed by atoms with Crippen LogP contribution in [0.5, 0.6) is 5.75 Å². The van der Waals surface area contributed by atoms with Gasteiger partial charge < -0.3 is 20.5 Å². The highest BCUT2D eigenvalue weighted by Gasteiger charge is 2.17. The van der Waals surface area contributed by atoms with Gasteiger partial charge in [0.15, 0.2) is 0 Å². The van der Waals surface area contributed by atoms with Crippen molar-refractivity contribution in [1.82, 2.24) is 15.1 Å². The molecule has 1 amide bonds. The van der Waals surface area contributed by atoms with Crippen LogP contribution in [0.15, 0.2) is 28.9 Å². The molecule has 3 N–H and O–H groups in total. The Kier molecular flexibility index (Phi) is 5.94. The van der Waals surface area contributed by atoms with Gasteiger partial charge in [0.1, 0.15) is 18.0 Å². The number of carbonyl (C=O) groups is 1. The van der Waals surface area contributed by atoms with Crippen LogP contribution in [-0.2, 0) is 11.8 Å². The Morgan fingerprint density at radius 2 is 2.12 bits per heavy atom. The third-order valence-electron chi connectivity index (χ3n) is 3.18. The lowest BCUT2D eigenvalue weighted by Gasteiger charge is -2.19. The van der Waals surface area contributed by atoms with E-state index in [9.17, 15) is 4.79 Å². The number of ether oxygens (including phenoxy) is 2. The number of nitrogen functional groups attached to an aromatic ring is 1. The molecule has 2 aromatic rings. The number of nitrogens with two attached hydrogens (primary N) is 1. The van der Waals surface area contributed by atoms with Gasteiger partial charge in [-0.15, -0.1) is 0 Å². The van der Waals surface area contributed by atoms with E-state index < -0.39 is 11.7 Å². The fraction of sp³-hybridized carbons (Fsp3) is 0.412. The number of aryl methyl sites for hydroxylation is 1. The van der Waals surface area contributed by atoms with Crippen LogP contribution in [0, 0.1) is 0 Å². The van der Waals surface area contributed by atoms with Gasteiger partial charge in [-0.3, -0.25) is 4.68 Å². The van der Waals surface area contributed by atoms with Crippen molar-refractivity contribution in [1.29, 1.82) is 0 Å². The van der Waals surface area contributed by atoms with Gasteiger partial charge in [-0.25, -0.2) is 4.79 Å². The highest BCUT2D eigenvalue weighted by atomic mass is 79.9. The van der Waals surface area contributed by atoms with Gasteiger partial charge in [0.05, 0.1) is 22.9 Å². The number of benzene rings is 1. The summed E-state index contributed by atoms with van der Waals surface area (Å²) < 4.78 is 13.6. The first-order chi connectivity index (χ1) is 11.7. The molecule has 0 bridgehead atoms. The smallest absolute Gasteiger partial charge is 0.407 e.